The van der Waals surface area contributed by atoms with Crippen LogP contribution in [-0.2, 0) is 4.79 Å². The van der Waals surface area contributed by atoms with Gasteiger partial charge in [-0.15, -0.1) is 0 Å². The van der Waals surface area contributed by atoms with Crippen molar-refractivity contribution in [2.75, 3.05) is 0 Å². The maximum absolute atomic E-state index is 12.6. The summed E-state index contributed by atoms with van der Waals surface area (Å²) in [5.74, 6) is -3.48. The number of hydrogen-bond donors (Lipinski definition) is 1. The van der Waals surface area contributed by atoms with E-state index in [4.69, 9.17) is 17.3 Å². The van der Waals surface area contributed by atoms with Gasteiger partial charge in [-0.1, -0.05) is 18.2 Å². The van der Waals surface area contributed by atoms with Crippen molar-refractivity contribution in [1.82, 2.24) is 0 Å². The van der Waals surface area contributed by atoms with Crippen molar-refractivity contribution in [3.63, 3.8) is 0 Å². The molecule has 0 aliphatic heterocycles. The fourth-order valence-electron chi connectivity index (χ4n) is 0.545. The molecule has 0 atom stereocenters. The molecule has 0 aliphatic carbocycles. The van der Waals surface area contributed by atoms with Gasteiger partial charge in [-0.05, 0) is 13.0 Å². The Bertz CT molecular complexity index is 303. The summed E-state index contributed by atoms with van der Waals surface area (Å²) in [6.45, 7) is 4.04. The molecule has 0 aromatic rings. The summed E-state index contributed by atoms with van der Waals surface area (Å²) < 4.78 is 24.7. The highest BCUT2D eigenvalue weighted by Crippen LogP contribution is 2.17. The number of primary amides is 1. The van der Waals surface area contributed by atoms with E-state index < -0.39 is 17.6 Å². The van der Waals surface area contributed by atoms with Gasteiger partial charge in [0, 0.05) is 5.03 Å². The van der Waals surface area contributed by atoms with Crippen molar-refractivity contribution in [2.45, 2.75) is 6.92 Å². The maximum Gasteiger partial charge on any atom is 0.249 e. The van der Waals surface area contributed by atoms with Crippen LogP contribution in [-0.4, -0.2) is 5.91 Å². The molecular weight excluding hydrogens is 200 g/mol. The Morgan fingerprint density at radius 1 is 1.54 bits per heavy atom. The van der Waals surface area contributed by atoms with Gasteiger partial charge in [0.25, 0.3) is 0 Å². The van der Waals surface area contributed by atoms with Crippen LogP contribution in [0.15, 0.2) is 34.9 Å². The van der Waals surface area contributed by atoms with E-state index in [0.717, 1.165) is 0 Å². The molecule has 0 unspecified atom stereocenters. The van der Waals surface area contributed by atoms with Gasteiger partial charge in [0.05, 0.1) is 5.57 Å². The second-order valence-corrected chi connectivity index (χ2v) is 2.78. The Hall–Kier alpha value is -1.16. The van der Waals surface area contributed by atoms with E-state index in [0.29, 0.717) is 6.08 Å². The van der Waals surface area contributed by atoms with E-state index in [1.54, 1.807) is 0 Å². The molecule has 72 valence electrons. The first-order valence-corrected chi connectivity index (χ1v) is 3.62. The second kappa shape index (κ2) is 4.77. The number of carbonyl (C=O) groups excluding carboxylic acids is 1. The minimum atomic E-state index is -1.28. The van der Waals surface area contributed by atoms with Crippen LogP contribution in [0.25, 0.3) is 0 Å². The number of amides is 1. The molecule has 1 amide bonds. The van der Waals surface area contributed by atoms with Crippen molar-refractivity contribution in [3.8, 4) is 0 Å². The Morgan fingerprint density at radius 3 is 2.23 bits per heavy atom. The quantitative estimate of drug-likeness (QED) is 0.560. The second-order valence-electron chi connectivity index (χ2n) is 2.21. The monoisotopic (exact) mass is 207 g/mol. The van der Waals surface area contributed by atoms with Gasteiger partial charge in [0.1, 0.15) is 0 Å². The van der Waals surface area contributed by atoms with Gasteiger partial charge in [-0.2, -0.15) is 0 Å². The molecule has 0 heterocycles. The number of allylic oxidation sites excluding steroid dienone is 3. The van der Waals surface area contributed by atoms with E-state index in [1.165, 1.54) is 6.92 Å². The van der Waals surface area contributed by atoms with Crippen molar-refractivity contribution < 1.29 is 13.6 Å². The normalized spacial score (nSPS) is 13.7. The van der Waals surface area contributed by atoms with E-state index in [2.05, 4.69) is 6.58 Å². The number of carbonyl (C=O) groups is 1. The number of rotatable bonds is 3. The Kier molecular flexibility index (Phi) is 4.34. The van der Waals surface area contributed by atoms with Gasteiger partial charge in [0.2, 0.25) is 5.91 Å². The third kappa shape index (κ3) is 3.85. The van der Waals surface area contributed by atoms with Gasteiger partial charge in [-0.25, -0.2) is 8.78 Å². The SMILES string of the molecule is C=C(F)/C(F)=C\C(C(N)=O)=C(/C)Cl. The first-order valence-electron chi connectivity index (χ1n) is 3.24. The summed E-state index contributed by atoms with van der Waals surface area (Å²) in [5.41, 5.74) is 4.56. The van der Waals surface area contributed by atoms with Crippen LogP contribution >= 0.6 is 11.6 Å². The zero-order chi connectivity index (χ0) is 10.6. The highest BCUT2D eigenvalue weighted by atomic mass is 35.5. The molecule has 13 heavy (non-hydrogen) atoms. The van der Waals surface area contributed by atoms with Crippen molar-refractivity contribution >= 4 is 17.5 Å². The summed E-state index contributed by atoms with van der Waals surface area (Å²) in [6.07, 6.45) is 0.604. The fraction of sp³-hybridized carbons (Fsp3) is 0.125. The van der Waals surface area contributed by atoms with Crippen LogP contribution in [0.5, 0.6) is 0 Å². The van der Waals surface area contributed by atoms with Crippen LogP contribution in [0, 0.1) is 0 Å². The predicted octanol–water partition coefficient (Wildman–Crippen LogP) is 2.32. The molecule has 5 heteroatoms. The molecule has 0 radical (unpaired) electrons. The molecular formula is C8H8ClF2NO. The lowest BCUT2D eigenvalue weighted by atomic mass is 10.2. The summed E-state index contributed by atoms with van der Waals surface area (Å²) in [4.78, 5) is 10.6. The van der Waals surface area contributed by atoms with Crippen LogP contribution < -0.4 is 5.73 Å². The third-order valence-corrected chi connectivity index (χ3v) is 1.37. The van der Waals surface area contributed by atoms with Crippen molar-refractivity contribution in [3.05, 3.63) is 34.9 Å². The van der Waals surface area contributed by atoms with E-state index in [1.807, 2.05) is 0 Å². The van der Waals surface area contributed by atoms with E-state index in [-0.39, 0.29) is 10.6 Å². The Labute approximate surface area is 79.4 Å². The molecule has 0 aromatic heterocycles. The van der Waals surface area contributed by atoms with Crippen molar-refractivity contribution in [1.29, 1.82) is 0 Å². The van der Waals surface area contributed by atoms with Gasteiger partial charge in [0.15, 0.2) is 11.7 Å². The van der Waals surface area contributed by atoms with Crippen LogP contribution in [0.2, 0.25) is 0 Å². The average molecular weight is 208 g/mol. The molecule has 0 fully saturated rings. The topological polar surface area (TPSA) is 43.1 Å². The highest BCUT2D eigenvalue weighted by Gasteiger charge is 2.08. The maximum atomic E-state index is 12.6. The van der Waals surface area contributed by atoms with Gasteiger partial charge >= 0.3 is 0 Å². The number of hydrogen-bond acceptors (Lipinski definition) is 1. The molecule has 0 saturated heterocycles. The zero-order valence-corrected chi connectivity index (χ0v) is 7.66. The van der Waals surface area contributed by atoms with E-state index in [9.17, 15) is 13.6 Å². The summed E-state index contributed by atoms with van der Waals surface area (Å²) in [6, 6.07) is 0. The molecule has 0 saturated carbocycles. The van der Waals surface area contributed by atoms with Gasteiger partial charge in [-0.3, -0.25) is 4.79 Å². The average Bonchev–Trinajstić information content (AvgIpc) is 1.97. The fourth-order valence-corrected chi connectivity index (χ4v) is 0.693. The Morgan fingerprint density at radius 2 is 2.00 bits per heavy atom. The molecule has 0 rings (SSSR count). The third-order valence-electron chi connectivity index (χ3n) is 1.17. The lowest BCUT2D eigenvalue weighted by molar-refractivity contribution is -0.114. The minimum absolute atomic E-state index is 0.0103. The number of halogens is 3. The number of nitrogens with two attached hydrogens (primary N) is 1. The zero-order valence-electron chi connectivity index (χ0n) is 6.90. The van der Waals surface area contributed by atoms with Crippen molar-refractivity contribution in [2.24, 2.45) is 5.73 Å². The minimum Gasteiger partial charge on any atom is -0.366 e. The Balaban J connectivity index is 5.06. The summed E-state index contributed by atoms with van der Waals surface area (Å²) in [5, 5.41) is -0.0103. The summed E-state index contributed by atoms with van der Waals surface area (Å²) >= 11 is 5.40. The van der Waals surface area contributed by atoms with Crippen LogP contribution in [0.1, 0.15) is 6.92 Å². The predicted molar refractivity (Wildman–Crippen MR) is 47.2 cm³/mol. The van der Waals surface area contributed by atoms with Crippen LogP contribution in [0.4, 0.5) is 8.78 Å². The molecule has 0 aliphatic rings. The van der Waals surface area contributed by atoms with Crippen LogP contribution in [0.3, 0.4) is 0 Å². The van der Waals surface area contributed by atoms with E-state index >= 15 is 0 Å². The lowest BCUT2D eigenvalue weighted by Crippen LogP contribution is -2.13. The molecule has 2 nitrogen and oxygen atoms in total. The highest BCUT2D eigenvalue weighted by molar-refractivity contribution is 6.31. The first kappa shape index (κ1) is 11.8. The molecule has 0 bridgehead atoms. The van der Waals surface area contributed by atoms with Gasteiger partial charge < -0.3 is 5.73 Å². The molecule has 0 spiro atoms. The smallest absolute Gasteiger partial charge is 0.249 e. The molecule has 2 N–H and O–H groups in total. The standard InChI is InChI=1S/C8H8ClF2NO/c1-4(9)6(8(12)13)3-7(11)5(2)10/h3H,2H2,1H3,(H2,12,13)/b6-4-,7-3+. The lowest BCUT2D eigenvalue weighted by Gasteiger charge is -1.97. The molecule has 0 aromatic carbocycles. The first-order chi connectivity index (χ1) is 5.86. The largest absolute Gasteiger partial charge is 0.366 e. The summed E-state index contributed by atoms with van der Waals surface area (Å²) in [7, 11) is 0.